The average Bonchev–Trinajstić information content (AvgIpc) is 2.79. The highest BCUT2D eigenvalue weighted by Crippen LogP contribution is 2.24. The van der Waals surface area contributed by atoms with Gasteiger partial charge >= 0.3 is 0 Å². The van der Waals surface area contributed by atoms with Crippen LogP contribution in [-0.4, -0.2) is 53.7 Å². The number of likely N-dealkylation sites (N-methyl/N-ethyl adjacent to an activating group) is 1. The summed E-state index contributed by atoms with van der Waals surface area (Å²) in [5, 5.41) is 15.5. The highest BCUT2D eigenvalue weighted by Gasteiger charge is 2.16. The summed E-state index contributed by atoms with van der Waals surface area (Å²) in [7, 11) is 2.93. The summed E-state index contributed by atoms with van der Waals surface area (Å²) in [5.74, 6) is -3.25. The molecule has 0 saturated carbocycles. The number of methoxy groups -OCH3 is 1. The monoisotopic (exact) mass is 465 g/mol. The van der Waals surface area contributed by atoms with Crippen LogP contribution >= 0.6 is 0 Å². The number of aromatic nitrogens is 2. The second-order valence-electron chi connectivity index (χ2n) is 7.13. The number of carbonyl (C=O) groups excluding carboxylic acids is 1. The van der Waals surface area contributed by atoms with Crippen LogP contribution in [0, 0.1) is 22.9 Å². The molecule has 0 saturated heterocycles. The maximum Gasteiger partial charge on any atom is 0.241 e. The minimum absolute atomic E-state index is 0.00243. The zero-order valence-corrected chi connectivity index (χ0v) is 18.7. The minimum Gasteiger partial charge on any atom is -0.494 e. The first-order valence-corrected chi connectivity index (χ1v) is 9.91. The molecule has 0 spiro atoms. The number of hydrogen-bond acceptors (Lipinski definition) is 8. The van der Waals surface area contributed by atoms with Crippen molar-refractivity contribution in [3.8, 4) is 5.75 Å². The molecule has 2 aromatic rings. The predicted molar refractivity (Wildman–Crippen MR) is 119 cm³/mol. The third-order valence-corrected chi connectivity index (χ3v) is 4.64. The van der Waals surface area contributed by atoms with Gasteiger partial charge in [-0.05, 0) is 26.0 Å². The molecule has 178 valence electrons. The fourth-order valence-corrected chi connectivity index (χ4v) is 2.52. The lowest BCUT2D eigenvalue weighted by atomic mass is 10.2. The number of nitrogens with zero attached hydrogens (tertiary/aromatic N) is 3. The zero-order valence-electron chi connectivity index (χ0n) is 18.7. The Hall–Kier alpha value is -3.83. The maximum atomic E-state index is 14.3. The molecule has 0 unspecified atom stereocenters. The molecule has 12 heteroatoms. The van der Waals surface area contributed by atoms with Gasteiger partial charge in [0.1, 0.15) is 5.82 Å². The van der Waals surface area contributed by atoms with E-state index in [0.717, 1.165) is 24.5 Å². The van der Waals surface area contributed by atoms with Crippen molar-refractivity contribution >= 4 is 23.9 Å². The summed E-state index contributed by atoms with van der Waals surface area (Å²) in [6.45, 7) is 3.37. The molecule has 0 aliphatic heterocycles. The molecule has 1 aromatic heterocycles. The van der Waals surface area contributed by atoms with Gasteiger partial charge in [0.2, 0.25) is 11.9 Å². The second kappa shape index (κ2) is 11.7. The SMILES string of the molecule is COc1ccc(F)c(CNc2nc(N/C(C=N)=C/NCC(=O)N(C)C(C)C)ncc2F)c1F. The van der Waals surface area contributed by atoms with Gasteiger partial charge in [0.25, 0.3) is 0 Å². The van der Waals surface area contributed by atoms with Crippen molar-refractivity contribution in [1.29, 1.82) is 5.41 Å². The van der Waals surface area contributed by atoms with Gasteiger partial charge in [-0.3, -0.25) is 4.79 Å². The molecule has 0 bridgehead atoms. The van der Waals surface area contributed by atoms with Crippen molar-refractivity contribution in [3.05, 3.63) is 53.2 Å². The van der Waals surface area contributed by atoms with E-state index in [2.05, 4.69) is 25.9 Å². The van der Waals surface area contributed by atoms with Crippen LogP contribution in [0.2, 0.25) is 0 Å². The van der Waals surface area contributed by atoms with Crippen molar-refractivity contribution in [1.82, 2.24) is 20.2 Å². The number of benzene rings is 1. The second-order valence-corrected chi connectivity index (χ2v) is 7.13. The van der Waals surface area contributed by atoms with Crippen molar-refractivity contribution < 1.29 is 22.7 Å². The normalized spacial score (nSPS) is 11.2. The maximum absolute atomic E-state index is 14.3. The molecule has 0 aliphatic rings. The lowest BCUT2D eigenvalue weighted by Crippen LogP contribution is -2.38. The first-order chi connectivity index (χ1) is 15.7. The minimum atomic E-state index is -0.907. The number of hydrogen-bond donors (Lipinski definition) is 4. The van der Waals surface area contributed by atoms with Crippen molar-refractivity contribution in [2.75, 3.05) is 31.3 Å². The van der Waals surface area contributed by atoms with Gasteiger partial charge < -0.3 is 31.0 Å². The Morgan fingerprint density at radius 1 is 1.27 bits per heavy atom. The molecule has 1 aromatic carbocycles. The van der Waals surface area contributed by atoms with E-state index < -0.39 is 24.0 Å². The molecular weight excluding hydrogens is 439 g/mol. The molecule has 4 N–H and O–H groups in total. The molecule has 1 amide bonds. The molecule has 0 atom stereocenters. The molecule has 9 nitrogen and oxygen atoms in total. The van der Waals surface area contributed by atoms with Gasteiger partial charge in [0.15, 0.2) is 23.2 Å². The third kappa shape index (κ3) is 6.82. The summed E-state index contributed by atoms with van der Waals surface area (Å²) in [6.07, 6.45) is 3.19. The first kappa shape index (κ1) is 25.4. The van der Waals surface area contributed by atoms with Crippen molar-refractivity contribution in [3.63, 3.8) is 0 Å². The Balaban J connectivity index is 2.08. The summed E-state index contributed by atoms with van der Waals surface area (Å²) >= 11 is 0. The molecule has 0 radical (unpaired) electrons. The number of halogens is 3. The third-order valence-electron chi connectivity index (χ3n) is 4.64. The Morgan fingerprint density at radius 2 is 2.00 bits per heavy atom. The molecule has 33 heavy (non-hydrogen) atoms. The molecule has 0 aliphatic carbocycles. The van der Waals surface area contributed by atoms with Gasteiger partial charge in [0.05, 0.1) is 25.5 Å². The van der Waals surface area contributed by atoms with Crippen molar-refractivity contribution in [2.24, 2.45) is 0 Å². The van der Waals surface area contributed by atoms with Gasteiger partial charge in [-0.15, -0.1) is 0 Å². The largest absolute Gasteiger partial charge is 0.494 e. The molecular formula is C21H26F3N7O2. The molecule has 1 heterocycles. The van der Waals surface area contributed by atoms with Crippen LogP contribution in [0.1, 0.15) is 19.4 Å². The van der Waals surface area contributed by atoms with E-state index in [1.54, 1.807) is 11.9 Å². The Labute approximate surface area is 189 Å². The van der Waals surface area contributed by atoms with Gasteiger partial charge in [-0.1, -0.05) is 0 Å². The lowest BCUT2D eigenvalue weighted by molar-refractivity contribution is -0.130. The Kier molecular flexibility index (Phi) is 9.01. The van der Waals surface area contributed by atoms with Crippen molar-refractivity contribution in [2.45, 2.75) is 26.4 Å². The summed E-state index contributed by atoms with van der Waals surface area (Å²) in [5.41, 5.74) is -0.153. The number of anilines is 2. The topological polar surface area (TPSA) is 115 Å². The number of carbonyl (C=O) groups is 1. The van der Waals surface area contributed by atoms with Gasteiger partial charge in [-0.2, -0.15) is 4.98 Å². The highest BCUT2D eigenvalue weighted by molar-refractivity contribution is 5.81. The quantitative estimate of drug-likeness (QED) is 0.377. The fraction of sp³-hybridized carbons (Fsp3) is 0.333. The number of nitrogens with one attached hydrogen (secondary N) is 4. The average molecular weight is 465 g/mol. The Bertz CT molecular complexity index is 1030. The lowest BCUT2D eigenvalue weighted by Gasteiger charge is -2.21. The Morgan fingerprint density at radius 3 is 2.64 bits per heavy atom. The molecule has 2 rings (SSSR count). The first-order valence-electron chi connectivity index (χ1n) is 9.91. The number of allylic oxidation sites excluding steroid dienone is 1. The predicted octanol–water partition coefficient (Wildman–Crippen LogP) is 2.87. The van der Waals surface area contributed by atoms with Crippen LogP contribution in [0.15, 0.2) is 30.2 Å². The van der Waals surface area contributed by atoms with E-state index in [4.69, 9.17) is 10.1 Å². The fourth-order valence-electron chi connectivity index (χ4n) is 2.52. The van der Waals surface area contributed by atoms with E-state index in [0.29, 0.717) is 0 Å². The smallest absolute Gasteiger partial charge is 0.241 e. The van der Waals surface area contributed by atoms with Crippen LogP contribution < -0.4 is 20.7 Å². The van der Waals surface area contributed by atoms with Crippen LogP contribution in [-0.2, 0) is 11.3 Å². The van der Waals surface area contributed by atoms with E-state index in [1.807, 2.05) is 13.8 Å². The number of amides is 1. The zero-order chi connectivity index (χ0) is 24.5. The number of rotatable bonds is 11. The van der Waals surface area contributed by atoms with E-state index in [-0.39, 0.29) is 47.3 Å². The van der Waals surface area contributed by atoms with Gasteiger partial charge in [-0.25, -0.2) is 18.2 Å². The highest BCUT2D eigenvalue weighted by atomic mass is 19.1. The number of ether oxygens (including phenoxy) is 1. The van der Waals surface area contributed by atoms with E-state index >= 15 is 0 Å². The summed E-state index contributed by atoms with van der Waals surface area (Å²) in [6, 6.07) is 2.23. The van der Waals surface area contributed by atoms with Crippen LogP contribution in [0.5, 0.6) is 5.75 Å². The van der Waals surface area contributed by atoms with Crippen LogP contribution in [0.3, 0.4) is 0 Å². The molecule has 0 fully saturated rings. The summed E-state index contributed by atoms with van der Waals surface area (Å²) in [4.78, 5) is 21.3. The summed E-state index contributed by atoms with van der Waals surface area (Å²) < 4.78 is 47.2. The van der Waals surface area contributed by atoms with E-state index in [9.17, 15) is 18.0 Å². The van der Waals surface area contributed by atoms with Crippen LogP contribution in [0.4, 0.5) is 24.9 Å². The van der Waals surface area contributed by atoms with Gasteiger partial charge in [0, 0.05) is 37.6 Å². The standard InChI is InChI=1S/C21H26F3N7O2/c1-12(2)31(3)18(32)11-26-8-13(7-25)29-21-28-10-16(23)20(30-21)27-9-14-15(22)5-6-17(33-4)19(14)24/h5-8,10,12,25-26H,9,11H2,1-4H3,(H2,27,28,29,30)/b13-8+,25-7?. The van der Waals surface area contributed by atoms with E-state index in [1.165, 1.54) is 13.3 Å². The van der Waals surface area contributed by atoms with Crippen LogP contribution in [0.25, 0.3) is 0 Å².